The van der Waals surface area contributed by atoms with Crippen molar-refractivity contribution in [1.82, 2.24) is 14.3 Å². The second-order valence-corrected chi connectivity index (χ2v) is 7.70. The standard InChI is InChI=1S/C17H19N3O5S/c1-12-5-4-6-16(21)20(12)10-3-2-9-18-26(23,24)13-7-8-14-15(11-13)25-17(22)19-14/h4-8,11,18H,2-3,9-10H2,1H3,(H,19,22). The van der Waals surface area contributed by atoms with Gasteiger partial charge in [0.1, 0.15) is 0 Å². The van der Waals surface area contributed by atoms with Crippen LogP contribution in [0.5, 0.6) is 0 Å². The van der Waals surface area contributed by atoms with Crippen LogP contribution >= 0.6 is 0 Å². The second kappa shape index (κ2) is 7.30. The Bertz CT molecular complexity index is 1140. The van der Waals surface area contributed by atoms with Crippen LogP contribution in [0.15, 0.2) is 55.3 Å². The first-order valence-electron chi connectivity index (χ1n) is 8.16. The van der Waals surface area contributed by atoms with E-state index < -0.39 is 15.8 Å². The first-order valence-corrected chi connectivity index (χ1v) is 9.64. The molecule has 0 fully saturated rings. The summed E-state index contributed by atoms with van der Waals surface area (Å²) in [5.41, 5.74) is 1.45. The number of unbranched alkanes of at least 4 members (excludes halogenated alkanes) is 1. The molecule has 0 atom stereocenters. The number of fused-ring (bicyclic) bond motifs is 1. The number of aromatic nitrogens is 2. The van der Waals surface area contributed by atoms with Crippen LogP contribution in [0.25, 0.3) is 11.1 Å². The van der Waals surface area contributed by atoms with Gasteiger partial charge in [-0.15, -0.1) is 0 Å². The Kier molecular flexibility index (Phi) is 5.10. The fourth-order valence-corrected chi connectivity index (χ4v) is 3.78. The topological polar surface area (TPSA) is 114 Å². The number of hydrogen-bond acceptors (Lipinski definition) is 5. The van der Waals surface area contributed by atoms with Crippen LogP contribution in [0.4, 0.5) is 0 Å². The molecule has 0 bridgehead atoms. The maximum Gasteiger partial charge on any atom is 0.417 e. The number of aromatic amines is 1. The number of pyridine rings is 1. The van der Waals surface area contributed by atoms with Gasteiger partial charge in [0, 0.05) is 30.9 Å². The predicted octanol–water partition coefficient (Wildman–Crippen LogP) is 1.35. The summed E-state index contributed by atoms with van der Waals surface area (Å²) in [5.74, 6) is -0.631. The molecule has 0 radical (unpaired) electrons. The van der Waals surface area contributed by atoms with E-state index >= 15 is 0 Å². The minimum absolute atomic E-state index is 0.0304. The summed E-state index contributed by atoms with van der Waals surface area (Å²) in [5, 5.41) is 0. The summed E-state index contributed by atoms with van der Waals surface area (Å²) in [6, 6.07) is 9.28. The monoisotopic (exact) mass is 377 g/mol. The summed E-state index contributed by atoms with van der Waals surface area (Å²) in [6.45, 7) is 2.64. The van der Waals surface area contributed by atoms with Gasteiger partial charge in [-0.3, -0.25) is 9.78 Å². The lowest BCUT2D eigenvalue weighted by Gasteiger charge is -2.10. The molecule has 1 aromatic carbocycles. The minimum Gasteiger partial charge on any atom is -0.408 e. The van der Waals surface area contributed by atoms with Crippen LogP contribution in [0, 0.1) is 6.92 Å². The molecule has 0 unspecified atom stereocenters. The van der Waals surface area contributed by atoms with Crippen LogP contribution in [-0.2, 0) is 16.6 Å². The number of rotatable bonds is 7. The Morgan fingerprint density at radius 1 is 1.15 bits per heavy atom. The molecular weight excluding hydrogens is 358 g/mol. The summed E-state index contributed by atoms with van der Waals surface area (Å²) >= 11 is 0. The van der Waals surface area contributed by atoms with Gasteiger partial charge in [0.15, 0.2) is 5.58 Å². The van der Waals surface area contributed by atoms with Gasteiger partial charge >= 0.3 is 5.76 Å². The molecule has 2 N–H and O–H groups in total. The zero-order valence-corrected chi connectivity index (χ0v) is 15.0. The van der Waals surface area contributed by atoms with Crippen molar-refractivity contribution in [2.75, 3.05) is 6.54 Å². The molecule has 2 heterocycles. The number of nitrogens with one attached hydrogen (secondary N) is 2. The minimum atomic E-state index is -3.70. The smallest absolute Gasteiger partial charge is 0.408 e. The Balaban J connectivity index is 1.58. The Morgan fingerprint density at radius 2 is 1.96 bits per heavy atom. The fraction of sp³-hybridized carbons (Fsp3) is 0.294. The number of benzene rings is 1. The molecule has 0 amide bonds. The Hall–Kier alpha value is -2.65. The highest BCUT2D eigenvalue weighted by molar-refractivity contribution is 7.89. The van der Waals surface area contributed by atoms with Crippen molar-refractivity contribution >= 4 is 21.1 Å². The summed E-state index contributed by atoms with van der Waals surface area (Å²) < 4.78 is 33.7. The van der Waals surface area contributed by atoms with Crippen molar-refractivity contribution < 1.29 is 12.8 Å². The van der Waals surface area contributed by atoms with Crippen LogP contribution in [0.1, 0.15) is 18.5 Å². The molecule has 3 aromatic rings. The molecule has 2 aromatic heterocycles. The highest BCUT2D eigenvalue weighted by Gasteiger charge is 2.15. The summed E-state index contributed by atoms with van der Waals surface area (Å²) in [4.78, 5) is 25.4. The lowest BCUT2D eigenvalue weighted by Crippen LogP contribution is -2.26. The van der Waals surface area contributed by atoms with E-state index in [4.69, 9.17) is 4.42 Å². The molecule has 0 saturated carbocycles. The number of nitrogens with zero attached hydrogens (tertiary/aromatic N) is 1. The van der Waals surface area contributed by atoms with Crippen molar-refractivity contribution in [2.24, 2.45) is 0 Å². The van der Waals surface area contributed by atoms with Crippen LogP contribution in [0.3, 0.4) is 0 Å². The van der Waals surface area contributed by atoms with E-state index in [0.29, 0.717) is 24.9 Å². The number of sulfonamides is 1. The van der Waals surface area contributed by atoms with Crippen molar-refractivity contribution in [3.05, 3.63) is 63.0 Å². The molecule has 8 nitrogen and oxygen atoms in total. The molecular formula is C17H19N3O5S. The SMILES string of the molecule is Cc1cccc(=O)n1CCCCNS(=O)(=O)c1ccc2[nH]c(=O)oc2c1. The molecule has 0 saturated heterocycles. The normalized spacial score (nSPS) is 11.9. The Morgan fingerprint density at radius 3 is 2.73 bits per heavy atom. The number of aryl methyl sites for hydroxylation is 1. The summed E-state index contributed by atoms with van der Waals surface area (Å²) in [7, 11) is -3.70. The first kappa shape index (κ1) is 18.2. The van der Waals surface area contributed by atoms with Crippen molar-refractivity contribution in [1.29, 1.82) is 0 Å². The quantitative estimate of drug-likeness (QED) is 0.603. The van der Waals surface area contributed by atoms with Crippen LogP contribution in [0.2, 0.25) is 0 Å². The molecule has 0 aliphatic heterocycles. The molecule has 3 rings (SSSR count). The van der Waals surface area contributed by atoms with E-state index in [9.17, 15) is 18.0 Å². The van der Waals surface area contributed by atoms with Crippen molar-refractivity contribution in [3.8, 4) is 0 Å². The van der Waals surface area contributed by atoms with E-state index in [2.05, 4.69) is 9.71 Å². The maximum atomic E-state index is 12.3. The Labute approximate surface area is 149 Å². The second-order valence-electron chi connectivity index (χ2n) is 5.93. The lowest BCUT2D eigenvalue weighted by atomic mass is 10.3. The molecule has 9 heteroatoms. The zero-order chi connectivity index (χ0) is 18.7. The molecule has 0 aliphatic carbocycles. The van der Waals surface area contributed by atoms with E-state index in [1.807, 2.05) is 13.0 Å². The van der Waals surface area contributed by atoms with Crippen molar-refractivity contribution in [2.45, 2.75) is 31.2 Å². The average Bonchev–Trinajstić information content (AvgIpc) is 2.96. The van der Waals surface area contributed by atoms with Crippen LogP contribution in [-0.4, -0.2) is 24.5 Å². The zero-order valence-electron chi connectivity index (χ0n) is 14.2. The summed E-state index contributed by atoms with van der Waals surface area (Å²) in [6.07, 6.45) is 1.25. The van der Waals surface area contributed by atoms with Gasteiger partial charge in [-0.05, 0) is 38.0 Å². The van der Waals surface area contributed by atoms with E-state index in [-0.39, 0.29) is 22.6 Å². The fourth-order valence-electron chi connectivity index (χ4n) is 2.69. The van der Waals surface area contributed by atoms with Gasteiger partial charge in [-0.25, -0.2) is 17.9 Å². The van der Waals surface area contributed by atoms with Gasteiger partial charge in [0.2, 0.25) is 10.0 Å². The first-order chi connectivity index (χ1) is 12.4. The van der Waals surface area contributed by atoms with E-state index in [1.165, 1.54) is 24.3 Å². The third-order valence-electron chi connectivity index (χ3n) is 4.07. The third kappa shape index (κ3) is 3.94. The average molecular weight is 377 g/mol. The molecule has 0 aliphatic rings. The largest absolute Gasteiger partial charge is 0.417 e. The third-order valence-corrected chi connectivity index (χ3v) is 5.53. The molecule has 138 valence electrons. The highest BCUT2D eigenvalue weighted by atomic mass is 32.2. The highest BCUT2D eigenvalue weighted by Crippen LogP contribution is 2.16. The number of oxazole rings is 1. The maximum absolute atomic E-state index is 12.3. The predicted molar refractivity (Wildman–Crippen MR) is 96.7 cm³/mol. The van der Waals surface area contributed by atoms with Gasteiger partial charge in [-0.2, -0.15) is 0 Å². The van der Waals surface area contributed by atoms with Gasteiger partial charge in [0.25, 0.3) is 5.56 Å². The van der Waals surface area contributed by atoms with Crippen LogP contribution < -0.4 is 16.0 Å². The van der Waals surface area contributed by atoms with Gasteiger partial charge < -0.3 is 8.98 Å². The molecule has 26 heavy (non-hydrogen) atoms. The number of H-pyrrole nitrogens is 1. The number of hydrogen-bond donors (Lipinski definition) is 2. The van der Waals surface area contributed by atoms with Gasteiger partial charge in [-0.1, -0.05) is 6.07 Å². The van der Waals surface area contributed by atoms with E-state index in [1.54, 1.807) is 10.6 Å². The van der Waals surface area contributed by atoms with Crippen molar-refractivity contribution in [3.63, 3.8) is 0 Å². The van der Waals surface area contributed by atoms with E-state index in [0.717, 1.165) is 5.69 Å². The lowest BCUT2D eigenvalue weighted by molar-refractivity contribution is 0.551. The molecule has 0 spiro atoms. The van der Waals surface area contributed by atoms with Gasteiger partial charge in [0.05, 0.1) is 10.4 Å².